The fraction of sp³-hybridized carbons (Fsp3) is 0.222. The average molecular weight is 294 g/mol. The molecular weight excluding hydrogens is 276 g/mol. The maximum Gasteiger partial charge on any atom is 0.255 e. The predicted octanol–water partition coefficient (Wildman–Crippen LogP) is 1.74. The van der Waals surface area contributed by atoms with E-state index in [1.54, 1.807) is 13.1 Å². The van der Waals surface area contributed by atoms with Crippen molar-refractivity contribution in [1.29, 1.82) is 0 Å². The van der Waals surface area contributed by atoms with Crippen molar-refractivity contribution in [3.05, 3.63) is 65.5 Å². The van der Waals surface area contributed by atoms with Crippen molar-refractivity contribution in [2.75, 3.05) is 13.6 Å². The molecule has 0 aliphatic heterocycles. The number of nitrogens with zero attached hydrogens (tertiary/aromatic N) is 2. The monoisotopic (exact) mass is 294 g/mol. The van der Waals surface area contributed by atoms with Gasteiger partial charge in [0.2, 0.25) is 0 Å². The van der Waals surface area contributed by atoms with Gasteiger partial charge in [0.25, 0.3) is 5.91 Å². The number of hydrogen-bond acceptors (Lipinski definition) is 3. The topological polar surface area (TPSA) is 53.4 Å². The van der Waals surface area contributed by atoms with Crippen LogP contribution in [-0.4, -0.2) is 40.6 Å². The van der Waals surface area contributed by atoms with Gasteiger partial charge in [-0.15, -0.1) is 6.42 Å². The molecule has 1 atom stereocenters. The number of amides is 1. The molecule has 0 aliphatic rings. The van der Waals surface area contributed by atoms with Crippen LogP contribution in [0.2, 0.25) is 0 Å². The van der Waals surface area contributed by atoms with E-state index in [1.165, 1.54) is 17.3 Å². The van der Waals surface area contributed by atoms with Gasteiger partial charge in [0.15, 0.2) is 0 Å². The molecule has 1 aromatic carbocycles. The molecule has 0 unspecified atom stereocenters. The first-order valence-electron chi connectivity index (χ1n) is 6.99. The summed E-state index contributed by atoms with van der Waals surface area (Å²) in [6.07, 6.45) is 8.19. The zero-order chi connectivity index (χ0) is 15.9. The highest BCUT2D eigenvalue weighted by Crippen LogP contribution is 2.08. The summed E-state index contributed by atoms with van der Waals surface area (Å²) in [6, 6.07) is 11.3. The Kier molecular flexibility index (Phi) is 5.29. The number of rotatable bonds is 5. The molecule has 1 aromatic heterocycles. The molecule has 22 heavy (non-hydrogen) atoms. The molecule has 0 bridgehead atoms. The Balaban J connectivity index is 1.97. The van der Waals surface area contributed by atoms with Gasteiger partial charge in [-0.3, -0.25) is 9.78 Å². The summed E-state index contributed by atoms with van der Waals surface area (Å²) in [5, 5.41) is 10.1. The van der Waals surface area contributed by atoms with Crippen molar-refractivity contribution in [1.82, 2.24) is 9.88 Å². The van der Waals surface area contributed by atoms with Crippen LogP contribution in [-0.2, 0) is 6.42 Å². The third kappa shape index (κ3) is 4.18. The molecule has 4 nitrogen and oxygen atoms in total. The van der Waals surface area contributed by atoms with E-state index >= 15 is 0 Å². The van der Waals surface area contributed by atoms with Crippen LogP contribution >= 0.6 is 0 Å². The second-order valence-electron chi connectivity index (χ2n) is 5.14. The van der Waals surface area contributed by atoms with Crippen molar-refractivity contribution in [3.63, 3.8) is 0 Å². The Morgan fingerprint density at radius 2 is 2.09 bits per heavy atom. The van der Waals surface area contributed by atoms with Gasteiger partial charge in [0.05, 0.1) is 11.7 Å². The lowest BCUT2D eigenvalue weighted by atomic mass is 10.1. The second kappa shape index (κ2) is 7.39. The van der Waals surface area contributed by atoms with Crippen molar-refractivity contribution < 1.29 is 9.90 Å². The van der Waals surface area contributed by atoms with Crippen LogP contribution < -0.4 is 0 Å². The number of hydrogen-bond donors (Lipinski definition) is 1. The Bertz CT molecular complexity index is 677. The maximum atomic E-state index is 12.3. The standard InChI is InChI=1S/C18H18N2O2/c1-3-14-9-16(12-19-11-14)18(22)20(2)13-17(21)10-15-7-5-4-6-8-15/h1,4-9,11-12,17,21H,10,13H2,2H3/t17-/m0/s1. The summed E-state index contributed by atoms with van der Waals surface area (Å²) in [7, 11) is 1.65. The van der Waals surface area contributed by atoms with Crippen molar-refractivity contribution >= 4 is 5.91 Å². The third-order valence-electron chi connectivity index (χ3n) is 3.30. The Labute approximate surface area is 130 Å². The Morgan fingerprint density at radius 1 is 1.36 bits per heavy atom. The van der Waals surface area contributed by atoms with Crippen LogP contribution in [0.25, 0.3) is 0 Å². The molecule has 0 saturated carbocycles. The predicted molar refractivity (Wildman–Crippen MR) is 85.3 cm³/mol. The molecule has 0 fully saturated rings. The summed E-state index contributed by atoms with van der Waals surface area (Å²) < 4.78 is 0. The maximum absolute atomic E-state index is 12.3. The second-order valence-corrected chi connectivity index (χ2v) is 5.14. The molecule has 0 spiro atoms. The number of carbonyl (C=O) groups excluding carboxylic acids is 1. The Morgan fingerprint density at radius 3 is 2.77 bits per heavy atom. The van der Waals surface area contributed by atoms with Gasteiger partial charge < -0.3 is 10.0 Å². The van der Waals surface area contributed by atoms with Crippen molar-refractivity contribution in [3.8, 4) is 12.3 Å². The molecule has 2 rings (SSSR count). The SMILES string of the molecule is C#Cc1cncc(C(=O)N(C)C[C@@H](O)Cc2ccccc2)c1. The first-order chi connectivity index (χ1) is 10.6. The zero-order valence-corrected chi connectivity index (χ0v) is 12.4. The fourth-order valence-electron chi connectivity index (χ4n) is 2.21. The zero-order valence-electron chi connectivity index (χ0n) is 12.4. The van der Waals surface area contributed by atoms with Crippen molar-refractivity contribution in [2.45, 2.75) is 12.5 Å². The molecule has 0 aliphatic carbocycles. The van der Waals surface area contributed by atoms with Crippen LogP contribution in [0.3, 0.4) is 0 Å². The van der Waals surface area contributed by atoms with E-state index in [9.17, 15) is 9.90 Å². The van der Waals surface area contributed by atoms with Gasteiger partial charge in [-0.1, -0.05) is 36.3 Å². The highest BCUT2D eigenvalue weighted by atomic mass is 16.3. The van der Waals surface area contributed by atoms with Gasteiger partial charge in [-0.25, -0.2) is 0 Å². The molecule has 1 heterocycles. The van der Waals surface area contributed by atoms with Gasteiger partial charge in [0.1, 0.15) is 0 Å². The van der Waals surface area contributed by atoms with Gasteiger partial charge in [-0.05, 0) is 11.6 Å². The number of aromatic nitrogens is 1. The van der Waals surface area contributed by atoms with E-state index < -0.39 is 6.10 Å². The highest BCUT2D eigenvalue weighted by molar-refractivity contribution is 5.94. The van der Waals surface area contributed by atoms with Gasteiger partial charge in [0, 0.05) is 38.0 Å². The third-order valence-corrected chi connectivity index (χ3v) is 3.30. The number of likely N-dealkylation sites (N-methyl/N-ethyl adjacent to an activating group) is 1. The number of aliphatic hydroxyl groups excluding tert-OH is 1. The minimum absolute atomic E-state index is 0.211. The molecule has 112 valence electrons. The van der Waals surface area contributed by atoms with Crippen molar-refractivity contribution in [2.24, 2.45) is 0 Å². The minimum Gasteiger partial charge on any atom is -0.391 e. The molecule has 0 saturated heterocycles. The number of pyridine rings is 1. The van der Waals surface area contributed by atoms with Crippen LogP contribution in [0.1, 0.15) is 21.5 Å². The lowest BCUT2D eigenvalue weighted by Crippen LogP contribution is -2.35. The average Bonchev–Trinajstić information content (AvgIpc) is 2.55. The van der Waals surface area contributed by atoms with E-state index in [4.69, 9.17) is 6.42 Å². The quantitative estimate of drug-likeness (QED) is 0.855. The lowest BCUT2D eigenvalue weighted by Gasteiger charge is -2.21. The number of aliphatic hydroxyl groups is 1. The summed E-state index contributed by atoms with van der Waals surface area (Å²) in [4.78, 5) is 17.7. The van der Waals surface area contributed by atoms with Gasteiger partial charge in [-0.2, -0.15) is 0 Å². The molecule has 1 N–H and O–H groups in total. The largest absolute Gasteiger partial charge is 0.391 e. The minimum atomic E-state index is -0.625. The van der Waals surface area contributed by atoms with E-state index in [0.717, 1.165) is 5.56 Å². The van der Waals surface area contributed by atoms with Crippen LogP contribution in [0.5, 0.6) is 0 Å². The molecule has 4 heteroatoms. The first kappa shape index (κ1) is 15.7. The van der Waals surface area contributed by atoms with Gasteiger partial charge >= 0.3 is 0 Å². The van der Waals surface area contributed by atoms with E-state index in [0.29, 0.717) is 17.5 Å². The van der Waals surface area contributed by atoms with Crippen LogP contribution in [0, 0.1) is 12.3 Å². The number of carbonyl (C=O) groups is 1. The smallest absolute Gasteiger partial charge is 0.255 e. The summed E-state index contributed by atoms with van der Waals surface area (Å²) >= 11 is 0. The normalized spacial score (nSPS) is 11.5. The van der Waals surface area contributed by atoms with Crippen LogP contribution in [0.4, 0.5) is 0 Å². The van der Waals surface area contributed by atoms with Crippen LogP contribution in [0.15, 0.2) is 48.8 Å². The number of terminal acetylenes is 1. The summed E-state index contributed by atoms with van der Waals surface area (Å²) in [6.45, 7) is 0.244. The van der Waals surface area contributed by atoms with E-state index in [2.05, 4.69) is 10.9 Å². The highest BCUT2D eigenvalue weighted by Gasteiger charge is 2.16. The van der Waals surface area contributed by atoms with E-state index in [1.807, 2.05) is 30.3 Å². The fourth-order valence-corrected chi connectivity index (χ4v) is 2.21. The first-order valence-corrected chi connectivity index (χ1v) is 6.99. The lowest BCUT2D eigenvalue weighted by molar-refractivity contribution is 0.0681. The Hall–Kier alpha value is -2.64. The summed E-state index contributed by atoms with van der Waals surface area (Å²) in [5.41, 5.74) is 2.01. The summed E-state index contributed by atoms with van der Waals surface area (Å²) in [5.74, 6) is 2.24. The molecular formula is C18H18N2O2. The molecule has 1 amide bonds. The number of benzene rings is 1. The molecule has 2 aromatic rings. The molecule has 0 radical (unpaired) electrons. The van der Waals surface area contributed by atoms with E-state index in [-0.39, 0.29) is 12.5 Å².